The third kappa shape index (κ3) is 3.23. The number of rotatable bonds is 2. The van der Waals surface area contributed by atoms with Crippen molar-refractivity contribution in [1.29, 1.82) is 0 Å². The van der Waals surface area contributed by atoms with Crippen LogP contribution in [0, 0.1) is 0 Å². The van der Waals surface area contributed by atoms with Gasteiger partial charge in [0, 0.05) is 5.70 Å². The predicted molar refractivity (Wildman–Crippen MR) is 47.4 cm³/mol. The summed E-state index contributed by atoms with van der Waals surface area (Å²) in [6, 6.07) is 0. The first-order chi connectivity index (χ1) is 4.57. The molecule has 0 saturated carbocycles. The van der Waals surface area contributed by atoms with Gasteiger partial charge >= 0.3 is 0 Å². The normalized spacial score (nSPS) is 12.0. The summed E-state index contributed by atoms with van der Waals surface area (Å²) in [5, 5.41) is 0. The van der Waals surface area contributed by atoms with Crippen LogP contribution in [0.3, 0.4) is 0 Å². The number of nitrogens with zero attached hydrogens (tertiary/aromatic N) is 1. The Morgan fingerprint density at radius 1 is 1.20 bits per heavy atom. The van der Waals surface area contributed by atoms with Gasteiger partial charge in [0.2, 0.25) is 0 Å². The van der Waals surface area contributed by atoms with Crippen molar-refractivity contribution in [3.05, 3.63) is 22.9 Å². The quantitative estimate of drug-likeness (QED) is 0.410. The molecule has 0 unspecified atom stereocenters. The summed E-state index contributed by atoms with van der Waals surface area (Å²) >= 11 is 0. The van der Waals surface area contributed by atoms with Gasteiger partial charge < -0.3 is 0 Å². The van der Waals surface area contributed by atoms with Crippen LogP contribution in [-0.4, -0.2) is 6.72 Å². The molecule has 0 radical (unpaired) electrons. The highest BCUT2D eigenvalue weighted by Gasteiger charge is 1.88. The lowest BCUT2D eigenvalue weighted by atomic mass is 10.2. The minimum Gasteiger partial charge on any atom is -0.269 e. The maximum absolute atomic E-state index is 3.83. The molecule has 0 aliphatic carbocycles. The van der Waals surface area contributed by atoms with E-state index in [0.717, 1.165) is 5.70 Å². The zero-order valence-corrected chi connectivity index (χ0v) is 7.23. The average Bonchev–Trinajstić information content (AvgIpc) is 1.85. The van der Waals surface area contributed by atoms with Crippen LogP contribution >= 0.6 is 0 Å². The molecule has 0 aromatic rings. The summed E-state index contributed by atoms with van der Waals surface area (Å²) in [4.78, 5) is 3.83. The van der Waals surface area contributed by atoms with E-state index in [-0.39, 0.29) is 0 Å². The molecule has 0 saturated heterocycles. The van der Waals surface area contributed by atoms with Crippen LogP contribution in [0.4, 0.5) is 0 Å². The van der Waals surface area contributed by atoms with Crippen molar-refractivity contribution >= 4 is 6.72 Å². The Hall–Kier alpha value is -0.850. The first kappa shape index (κ1) is 9.15. The first-order valence-electron chi connectivity index (χ1n) is 3.37. The van der Waals surface area contributed by atoms with Crippen molar-refractivity contribution in [2.24, 2.45) is 4.99 Å². The molecule has 0 atom stereocenters. The molecule has 0 rings (SSSR count). The van der Waals surface area contributed by atoms with Crippen molar-refractivity contribution in [2.75, 3.05) is 0 Å². The van der Waals surface area contributed by atoms with E-state index in [2.05, 4.69) is 31.6 Å². The molecule has 1 nitrogen and oxygen atoms in total. The van der Waals surface area contributed by atoms with E-state index in [0.29, 0.717) is 0 Å². The topological polar surface area (TPSA) is 12.4 Å². The molecule has 10 heavy (non-hydrogen) atoms. The number of aliphatic imine (C=N–C) groups is 1. The Morgan fingerprint density at radius 2 is 1.70 bits per heavy atom. The van der Waals surface area contributed by atoms with E-state index >= 15 is 0 Å². The molecule has 0 aromatic carbocycles. The molecule has 0 spiro atoms. The second-order valence-corrected chi connectivity index (χ2v) is 2.65. The van der Waals surface area contributed by atoms with Gasteiger partial charge in [-0.05, 0) is 40.0 Å². The molecule has 0 aromatic heterocycles. The lowest BCUT2D eigenvalue weighted by Crippen LogP contribution is -1.76. The SMILES string of the molecule is C=N/C(C)=C(/C)C=C(C)C. The molecule has 0 amide bonds. The lowest BCUT2D eigenvalue weighted by molar-refractivity contribution is 1.23. The standard InChI is InChI=1S/C9H15N/c1-7(2)6-8(3)9(4)10-5/h6H,5H2,1-4H3/b9-8-. The smallest absolute Gasteiger partial charge is 0.0394 e. The number of hydrogen-bond acceptors (Lipinski definition) is 1. The third-order valence-corrected chi connectivity index (χ3v) is 1.31. The maximum atomic E-state index is 3.83. The fourth-order valence-corrected chi connectivity index (χ4v) is 0.662. The van der Waals surface area contributed by atoms with Crippen LogP contribution in [0.1, 0.15) is 27.7 Å². The minimum atomic E-state index is 1.00. The Kier molecular flexibility index (Phi) is 3.70. The number of allylic oxidation sites excluding steroid dienone is 4. The predicted octanol–water partition coefficient (Wildman–Crippen LogP) is 2.95. The molecule has 0 aliphatic rings. The van der Waals surface area contributed by atoms with Crippen molar-refractivity contribution in [2.45, 2.75) is 27.7 Å². The van der Waals surface area contributed by atoms with Gasteiger partial charge in [-0.1, -0.05) is 11.6 Å². The average molecular weight is 137 g/mol. The van der Waals surface area contributed by atoms with Gasteiger partial charge in [-0.2, -0.15) is 0 Å². The number of hydrogen-bond donors (Lipinski definition) is 0. The van der Waals surface area contributed by atoms with Crippen LogP contribution in [0.2, 0.25) is 0 Å². The zero-order chi connectivity index (χ0) is 8.15. The summed E-state index contributed by atoms with van der Waals surface area (Å²) in [5.41, 5.74) is 3.48. The van der Waals surface area contributed by atoms with Gasteiger partial charge in [-0.25, -0.2) is 0 Å². The third-order valence-electron chi connectivity index (χ3n) is 1.31. The summed E-state index contributed by atoms with van der Waals surface area (Å²) in [7, 11) is 0. The van der Waals surface area contributed by atoms with E-state index in [1.807, 2.05) is 13.8 Å². The molecular formula is C9H15N. The highest BCUT2D eigenvalue weighted by Crippen LogP contribution is 2.07. The van der Waals surface area contributed by atoms with Crippen molar-refractivity contribution in [3.63, 3.8) is 0 Å². The van der Waals surface area contributed by atoms with Crippen LogP contribution in [-0.2, 0) is 0 Å². The van der Waals surface area contributed by atoms with Gasteiger partial charge in [0.25, 0.3) is 0 Å². The summed E-state index contributed by atoms with van der Waals surface area (Å²) < 4.78 is 0. The first-order valence-corrected chi connectivity index (χ1v) is 3.37. The van der Waals surface area contributed by atoms with E-state index in [1.54, 1.807) is 0 Å². The molecule has 0 fully saturated rings. The van der Waals surface area contributed by atoms with Crippen molar-refractivity contribution in [1.82, 2.24) is 0 Å². The fraction of sp³-hybridized carbons (Fsp3) is 0.444. The lowest BCUT2D eigenvalue weighted by Gasteiger charge is -1.96. The van der Waals surface area contributed by atoms with E-state index in [9.17, 15) is 0 Å². The van der Waals surface area contributed by atoms with Gasteiger partial charge in [-0.15, -0.1) is 0 Å². The summed E-state index contributed by atoms with van der Waals surface area (Å²) in [6.45, 7) is 11.6. The van der Waals surface area contributed by atoms with Gasteiger partial charge in [0.1, 0.15) is 0 Å². The van der Waals surface area contributed by atoms with Crippen LogP contribution in [0.15, 0.2) is 27.9 Å². The van der Waals surface area contributed by atoms with Crippen LogP contribution < -0.4 is 0 Å². The second-order valence-electron chi connectivity index (χ2n) is 2.65. The van der Waals surface area contributed by atoms with Crippen LogP contribution in [0.25, 0.3) is 0 Å². The highest BCUT2D eigenvalue weighted by atomic mass is 14.7. The largest absolute Gasteiger partial charge is 0.269 e. The van der Waals surface area contributed by atoms with Crippen molar-refractivity contribution < 1.29 is 0 Å². The Bertz CT molecular complexity index is 181. The molecule has 0 aliphatic heterocycles. The fourth-order valence-electron chi connectivity index (χ4n) is 0.662. The molecule has 0 heterocycles. The van der Waals surface area contributed by atoms with E-state index in [1.165, 1.54) is 11.1 Å². The van der Waals surface area contributed by atoms with E-state index < -0.39 is 0 Å². The van der Waals surface area contributed by atoms with Crippen LogP contribution in [0.5, 0.6) is 0 Å². The van der Waals surface area contributed by atoms with Gasteiger partial charge in [0.05, 0.1) is 0 Å². The second kappa shape index (κ2) is 4.04. The Morgan fingerprint density at radius 3 is 2.00 bits per heavy atom. The van der Waals surface area contributed by atoms with E-state index in [4.69, 9.17) is 0 Å². The maximum Gasteiger partial charge on any atom is 0.0394 e. The van der Waals surface area contributed by atoms with Gasteiger partial charge in [0.15, 0.2) is 0 Å². The Labute approximate surface area is 63.2 Å². The summed E-state index contributed by atoms with van der Waals surface area (Å²) in [6.07, 6.45) is 2.10. The van der Waals surface area contributed by atoms with Crippen molar-refractivity contribution in [3.8, 4) is 0 Å². The molecule has 0 bridgehead atoms. The summed E-state index contributed by atoms with van der Waals surface area (Å²) in [5.74, 6) is 0. The molecular weight excluding hydrogens is 122 g/mol. The molecule has 0 N–H and O–H groups in total. The minimum absolute atomic E-state index is 1.00. The monoisotopic (exact) mass is 137 g/mol. The zero-order valence-electron chi connectivity index (χ0n) is 7.23. The molecule has 1 heteroatoms. The van der Waals surface area contributed by atoms with Gasteiger partial charge in [-0.3, -0.25) is 4.99 Å². The Balaban J connectivity index is 4.48. The highest BCUT2D eigenvalue weighted by molar-refractivity contribution is 5.33. The molecule has 56 valence electrons.